The molecule has 0 radical (unpaired) electrons. The van der Waals surface area contributed by atoms with E-state index in [0.29, 0.717) is 20.6 Å². The second kappa shape index (κ2) is 11.2. The van der Waals surface area contributed by atoms with Crippen molar-refractivity contribution in [3.05, 3.63) is 92.3 Å². The van der Waals surface area contributed by atoms with Crippen molar-refractivity contribution in [1.82, 2.24) is 0 Å². The quantitative estimate of drug-likeness (QED) is 0.145. The molecule has 0 saturated carbocycles. The normalized spacial score (nSPS) is 11.5. The highest BCUT2D eigenvalue weighted by Gasteiger charge is 2.30. The summed E-state index contributed by atoms with van der Waals surface area (Å²) in [6.07, 6.45) is -3.28. The summed E-state index contributed by atoms with van der Waals surface area (Å²) in [5.74, 6) is -0.470. The molecule has 1 amide bonds. The second-order valence-corrected chi connectivity index (χ2v) is 8.31. The van der Waals surface area contributed by atoms with E-state index in [-0.39, 0.29) is 23.7 Å². The van der Waals surface area contributed by atoms with E-state index in [4.69, 9.17) is 9.47 Å². The first kappa shape index (κ1) is 26.0. The minimum atomic E-state index is -4.57. The molecule has 0 aliphatic carbocycles. The first-order chi connectivity index (χ1) is 16.6. The lowest BCUT2D eigenvalue weighted by atomic mass is 10.1. The summed E-state index contributed by atoms with van der Waals surface area (Å²) in [4.78, 5) is 12.5. The Bertz CT molecular complexity index is 1300. The van der Waals surface area contributed by atoms with Gasteiger partial charge >= 0.3 is 6.18 Å². The molecular formula is C25H17F4IN2O3. The molecule has 0 saturated heterocycles. The first-order valence-electron chi connectivity index (χ1n) is 9.96. The largest absolute Gasteiger partial charge is 0.493 e. The number of hydrogen-bond acceptors (Lipinski definition) is 4. The summed E-state index contributed by atoms with van der Waals surface area (Å²) >= 11 is 2.00. The average Bonchev–Trinajstić information content (AvgIpc) is 2.82. The molecule has 0 aromatic heterocycles. The minimum absolute atomic E-state index is 0.0947. The van der Waals surface area contributed by atoms with Gasteiger partial charge in [-0.05, 0) is 82.3 Å². The molecule has 0 bridgehead atoms. The second-order valence-electron chi connectivity index (χ2n) is 7.15. The molecule has 0 aliphatic heterocycles. The molecule has 3 rings (SSSR count). The van der Waals surface area contributed by atoms with Crippen molar-refractivity contribution in [2.45, 2.75) is 12.8 Å². The predicted octanol–water partition coefficient (Wildman–Crippen LogP) is 6.58. The number of nitriles is 1. The fourth-order valence-corrected chi connectivity index (χ4v) is 3.77. The molecule has 0 spiro atoms. The molecule has 0 aliphatic rings. The number of halogens is 5. The number of amides is 1. The predicted molar refractivity (Wildman–Crippen MR) is 130 cm³/mol. The number of anilines is 1. The van der Waals surface area contributed by atoms with Crippen LogP contribution in [-0.4, -0.2) is 13.0 Å². The number of carbonyl (C=O) groups excluding carboxylic acids is 1. The van der Waals surface area contributed by atoms with Crippen molar-refractivity contribution in [2.24, 2.45) is 0 Å². The van der Waals surface area contributed by atoms with Gasteiger partial charge in [0.25, 0.3) is 5.91 Å². The van der Waals surface area contributed by atoms with Gasteiger partial charge in [-0.1, -0.05) is 18.2 Å². The van der Waals surface area contributed by atoms with E-state index >= 15 is 0 Å². The van der Waals surface area contributed by atoms with Gasteiger partial charge in [0.15, 0.2) is 11.5 Å². The Balaban J connectivity index is 1.81. The van der Waals surface area contributed by atoms with Crippen LogP contribution in [0.4, 0.5) is 23.2 Å². The van der Waals surface area contributed by atoms with Gasteiger partial charge in [-0.3, -0.25) is 4.79 Å². The number of methoxy groups -OCH3 is 1. The zero-order chi connectivity index (χ0) is 25.6. The SMILES string of the molecule is COc1cc(/C=C(/C#N)C(=O)Nc2cccc(C(F)(F)F)c2)cc(I)c1OCc1ccc(F)cc1. The van der Waals surface area contributed by atoms with E-state index in [1.54, 1.807) is 30.3 Å². The summed E-state index contributed by atoms with van der Waals surface area (Å²) in [6.45, 7) is 0.157. The Hall–Kier alpha value is -3.59. The number of hydrogen-bond donors (Lipinski definition) is 1. The van der Waals surface area contributed by atoms with Gasteiger partial charge in [0.1, 0.15) is 24.1 Å². The number of ether oxygens (including phenoxy) is 2. The van der Waals surface area contributed by atoms with E-state index < -0.39 is 17.6 Å². The molecule has 5 nitrogen and oxygen atoms in total. The van der Waals surface area contributed by atoms with Crippen LogP contribution in [0.5, 0.6) is 11.5 Å². The van der Waals surface area contributed by atoms with Crippen molar-refractivity contribution in [3.63, 3.8) is 0 Å². The van der Waals surface area contributed by atoms with Crippen molar-refractivity contribution in [2.75, 3.05) is 12.4 Å². The molecule has 0 heterocycles. The highest BCUT2D eigenvalue weighted by atomic mass is 127. The number of benzene rings is 3. The van der Waals surface area contributed by atoms with Crippen LogP contribution in [0.1, 0.15) is 16.7 Å². The smallest absolute Gasteiger partial charge is 0.416 e. The lowest BCUT2D eigenvalue weighted by Gasteiger charge is -2.14. The first-order valence-corrected chi connectivity index (χ1v) is 11.0. The molecule has 3 aromatic carbocycles. The van der Waals surface area contributed by atoms with Crippen molar-refractivity contribution in [3.8, 4) is 17.6 Å². The third-order valence-electron chi connectivity index (χ3n) is 4.67. The van der Waals surface area contributed by atoms with Gasteiger partial charge in [0.05, 0.1) is 16.2 Å². The van der Waals surface area contributed by atoms with Crippen LogP contribution in [0.15, 0.2) is 66.2 Å². The Morgan fingerprint density at radius 2 is 1.86 bits per heavy atom. The van der Waals surface area contributed by atoms with Gasteiger partial charge < -0.3 is 14.8 Å². The summed E-state index contributed by atoms with van der Waals surface area (Å²) in [7, 11) is 1.43. The summed E-state index contributed by atoms with van der Waals surface area (Å²) in [5.41, 5.74) is -0.154. The minimum Gasteiger partial charge on any atom is -0.493 e. The maximum absolute atomic E-state index is 13.1. The molecular weight excluding hydrogens is 579 g/mol. The van der Waals surface area contributed by atoms with E-state index in [2.05, 4.69) is 5.32 Å². The van der Waals surface area contributed by atoms with E-state index in [1.165, 1.54) is 31.4 Å². The summed E-state index contributed by atoms with van der Waals surface area (Å²) in [6, 6.07) is 14.9. The van der Waals surface area contributed by atoms with E-state index in [1.807, 2.05) is 22.6 Å². The third-order valence-corrected chi connectivity index (χ3v) is 5.47. The van der Waals surface area contributed by atoms with Gasteiger partial charge in [-0.2, -0.15) is 18.4 Å². The van der Waals surface area contributed by atoms with Crippen LogP contribution in [0.3, 0.4) is 0 Å². The maximum atomic E-state index is 13.1. The van der Waals surface area contributed by atoms with Crippen LogP contribution in [0.25, 0.3) is 6.08 Å². The Morgan fingerprint density at radius 1 is 1.14 bits per heavy atom. The fourth-order valence-electron chi connectivity index (χ4n) is 2.99. The topological polar surface area (TPSA) is 71.3 Å². The highest BCUT2D eigenvalue weighted by molar-refractivity contribution is 14.1. The zero-order valence-electron chi connectivity index (χ0n) is 18.1. The molecule has 0 atom stereocenters. The van der Waals surface area contributed by atoms with E-state index in [0.717, 1.165) is 23.8 Å². The van der Waals surface area contributed by atoms with E-state index in [9.17, 15) is 27.6 Å². The monoisotopic (exact) mass is 596 g/mol. The molecule has 180 valence electrons. The van der Waals surface area contributed by atoms with Crippen LogP contribution in [0.2, 0.25) is 0 Å². The lowest BCUT2D eigenvalue weighted by molar-refractivity contribution is -0.137. The van der Waals surface area contributed by atoms with Gasteiger partial charge in [-0.25, -0.2) is 4.39 Å². The Morgan fingerprint density at radius 3 is 2.49 bits per heavy atom. The van der Waals surface area contributed by atoms with Crippen LogP contribution in [-0.2, 0) is 17.6 Å². The Labute approximate surface area is 212 Å². The van der Waals surface area contributed by atoms with Crippen molar-refractivity contribution >= 4 is 40.3 Å². The standard InChI is InChI=1S/C25H17F4IN2O3/c1-34-22-11-16(10-21(30)23(22)35-14-15-5-7-19(26)8-6-15)9-17(13-31)24(33)32-20-4-2-3-18(12-20)25(27,28)29/h2-12H,14H2,1H3,(H,32,33)/b17-9-. The average molecular weight is 596 g/mol. The highest BCUT2D eigenvalue weighted by Crippen LogP contribution is 2.35. The van der Waals surface area contributed by atoms with Gasteiger partial charge in [0, 0.05) is 5.69 Å². The molecule has 1 N–H and O–H groups in total. The summed E-state index contributed by atoms with van der Waals surface area (Å²) < 4.78 is 63.7. The number of carbonyl (C=O) groups is 1. The summed E-state index contributed by atoms with van der Waals surface area (Å²) in [5, 5.41) is 11.8. The molecule has 35 heavy (non-hydrogen) atoms. The number of rotatable bonds is 7. The lowest BCUT2D eigenvalue weighted by Crippen LogP contribution is -2.14. The number of nitrogens with zero attached hydrogens (tertiary/aromatic N) is 1. The van der Waals surface area contributed by atoms with Crippen molar-refractivity contribution < 1.29 is 31.8 Å². The van der Waals surface area contributed by atoms with Crippen LogP contribution in [0, 0.1) is 20.7 Å². The fraction of sp³-hybridized carbons (Fsp3) is 0.120. The molecule has 0 fully saturated rings. The van der Waals surface area contributed by atoms with Crippen LogP contribution < -0.4 is 14.8 Å². The third kappa shape index (κ3) is 6.95. The Kier molecular flexibility index (Phi) is 8.34. The van der Waals surface area contributed by atoms with Gasteiger partial charge in [-0.15, -0.1) is 0 Å². The molecule has 3 aromatic rings. The molecule has 0 unspecified atom stereocenters. The maximum Gasteiger partial charge on any atom is 0.416 e. The number of nitrogens with one attached hydrogen (secondary N) is 1. The van der Waals surface area contributed by atoms with Crippen LogP contribution >= 0.6 is 22.6 Å². The van der Waals surface area contributed by atoms with Gasteiger partial charge in [0.2, 0.25) is 0 Å². The van der Waals surface area contributed by atoms with Crippen molar-refractivity contribution in [1.29, 1.82) is 5.26 Å². The molecule has 10 heteroatoms. The zero-order valence-corrected chi connectivity index (χ0v) is 20.3. The number of alkyl halides is 3.